The highest BCUT2D eigenvalue weighted by atomic mass is 16.6. The summed E-state index contributed by atoms with van der Waals surface area (Å²) in [5.41, 5.74) is -0.590. The molecule has 0 unspecified atom stereocenters. The van der Waals surface area contributed by atoms with E-state index in [1.165, 1.54) is 12.1 Å². The molecule has 0 atom stereocenters. The summed E-state index contributed by atoms with van der Waals surface area (Å²) in [6, 6.07) is 4.78. The Balaban J connectivity index is 3.42. The minimum Gasteiger partial charge on any atom is -0.258 e. The molecule has 0 N–H and O–H groups in total. The predicted octanol–water partition coefficient (Wildman–Crippen LogP) is 2.60. The maximum Gasteiger partial charge on any atom is 0.284 e. The summed E-state index contributed by atoms with van der Waals surface area (Å²) in [7, 11) is 0. The second kappa shape index (κ2) is 3.88. The van der Waals surface area contributed by atoms with E-state index < -0.39 is 9.85 Å². The molecular formula is C10H11N2O4. The van der Waals surface area contributed by atoms with Crippen molar-refractivity contribution in [3.63, 3.8) is 0 Å². The summed E-state index contributed by atoms with van der Waals surface area (Å²) in [4.78, 5) is 19.9. The van der Waals surface area contributed by atoms with Gasteiger partial charge in [-0.3, -0.25) is 20.2 Å². The van der Waals surface area contributed by atoms with Gasteiger partial charge in [0.15, 0.2) is 6.07 Å². The molecule has 0 saturated heterocycles. The van der Waals surface area contributed by atoms with E-state index in [-0.39, 0.29) is 16.8 Å². The van der Waals surface area contributed by atoms with Crippen LogP contribution in [0, 0.1) is 26.3 Å². The van der Waals surface area contributed by atoms with Crippen molar-refractivity contribution in [2.24, 2.45) is 0 Å². The number of nitro groups is 2. The summed E-state index contributed by atoms with van der Waals surface area (Å²) >= 11 is 0. The lowest BCUT2D eigenvalue weighted by atomic mass is 9.86. The van der Waals surface area contributed by atoms with Gasteiger partial charge in [0.1, 0.15) is 0 Å². The van der Waals surface area contributed by atoms with Crippen LogP contribution in [0.5, 0.6) is 0 Å². The van der Waals surface area contributed by atoms with Gasteiger partial charge in [-0.15, -0.1) is 0 Å². The molecular weight excluding hydrogens is 212 g/mol. The minimum atomic E-state index is -0.678. The van der Waals surface area contributed by atoms with Crippen LogP contribution < -0.4 is 0 Å². The highest BCUT2D eigenvalue weighted by Gasteiger charge is 2.23. The average molecular weight is 223 g/mol. The van der Waals surface area contributed by atoms with Crippen molar-refractivity contribution in [2.45, 2.75) is 26.2 Å². The van der Waals surface area contributed by atoms with Gasteiger partial charge < -0.3 is 0 Å². The highest BCUT2D eigenvalue weighted by molar-refractivity contribution is 5.47. The van der Waals surface area contributed by atoms with Crippen LogP contribution in [-0.2, 0) is 5.41 Å². The van der Waals surface area contributed by atoms with E-state index in [1.807, 2.05) is 20.8 Å². The number of benzene rings is 1. The van der Waals surface area contributed by atoms with E-state index in [9.17, 15) is 20.2 Å². The molecule has 0 spiro atoms. The molecule has 0 heterocycles. The van der Waals surface area contributed by atoms with Gasteiger partial charge in [-0.05, 0) is 11.0 Å². The zero-order valence-electron chi connectivity index (χ0n) is 9.18. The second-order valence-electron chi connectivity index (χ2n) is 4.40. The maximum atomic E-state index is 10.6. The Labute approximate surface area is 92.2 Å². The molecule has 6 heteroatoms. The van der Waals surface area contributed by atoms with Gasteiger partial charge in [-0.25, -0.2) is 0 Å². The molecule has 0 aliphatic rings. The number of hydrogen-bond donors (Lipinski definition) is 0. The smallest absolute Gasteiger partial charge is 0.258 e. The van der Waals surface area contributed by atoms with Crippen molar-refractivity contribution in [3.05, 3.63) is 44.0 Å². The third kappa shape index (κ3) is 2.53. The average Bonchev–Trinajstić information content (AvgIpc) is 2.15. The van der Waals surface area contributed by atoms with E-state index in [2.05, 4.69) is 6.07 Å². The number of hydrogen-bond acceptors (Lipinski definition) is 4. The Morgan fingerprint density at radius 2 is 1.44 bits per heavy atom. The van der Waals surface area contributed by atoms with Gasteiger partial charge in [-0.1, -0.05) is 20.8 Å². The Bertz CT molecular complexity index is 416. The van der Waals surface area contributed by atoms with Gasteiger partial charge >= 0.3 is 0 Å². The predicted molar refractivity (Wildman–Crippen MR) is 57.3 cm³/mol. The molecule has 0 bridgehead atoms. The first-order valence-corrected chi connectivity index (χ1v) is 4.58. The topological polar surface area (TPSA) is 86.3 Å². The van der Waals surface area contributed by atoms with Crippen molar-refractivity contribution < 1.29 is 9.85 Å². The maximum absolute atomic E-state index is 10.6. The SMILES string of the molecule is CC(C)(C)c1cc([N+](=O)[O-])[c]c([N+](=O)[O-])c1. The van der Waals surface area contributed by atoms with Gasteiger partial charge in [0, 0.05) is 12.1 Å². The molecule has 0 aliphatic heterocycles. The Hall–Kier alpha value is -1.98. The molecule has 0 amide bonds. The summed E-state index contributed by atoms with van der Waals surface area (Å²) < 4.78 is 0. The van der Waals surface area contributed by atoms with Crippen LogP contribution in [0.3, 0.4) is 0 Å². The lowest BCUT2D eigenvalue weighted by Crippen LogP contribution is -2.12. The normalized spacial score (nSPS) is 11.2. The van der Waals surface area contributed by atoms with E-state index in [0.717, 1.165) is 0 Å². The zero-order chi connectivity index (χ0) is 12.5. The third-order valence-corrected chi connectivity index (χ3v) is 2.10. The summed E-state index contributed by atoms with van der Waals surface area (Å²) in [6.45, 7) is 5.49. The fourth-order valence-corrected chi connectivity index (χ4v) is 1.17. The van der Waals surface area contributed by atoms with Crippen molar-refractivity contribution in [1.82, 2.24) is 0 Å². The van der Waals surface area contributed by atoms with Crippen LogP contribution in [0.25, 0.3) is 0 Å². The summed E-state index contributed by atoms with van der Waals surface area (Å²) in [5, 5.41) is 21.2. The first-order valence-electron chi connectivity index (χ1n) is 4.58. The van der Waals surface area contributed by atoms with E-state index in [4.69, 9.17) is 0 Å². The lowest BCUT2D eigenvalue weighted by Gasteiger charge is -2.17. The molecule has 1 radical (unpaired) electrons. The van der Waals surface area contributed by atoms with Gasteiger partial charge in [0.2, 0.25) is 0 Å². The number of non-ortho nitro benzene ring substituents is 2. The van der Waals surface area contributed by atoms with Crippen LogP contribution in [-0.4, -0.2) is 9.85 Å². The summed E-state index contributed by atoms with van der Waals surface area (Å²) in [5.74, 6) is 0. The highest BCUT2D eigenvalue weighted by Crippen LogP contribution is 2.29. The fourth-order valence-electron chi connectivity index (χ4n) is 1.17. The van der Waals surface area contributed by atoms with Crippen LogP contribution in [0.2, 0.25) is 0 Å². The van der Waals surface area contributed by atoms with Crippen LogP contribution in [0.15, 0.2) is 12.1 Å². The monoisotopic (exact) mass is 223 g/mol. The van der Waals surface area contributed by atoms with Crippen molar-refractivity contribution in [1.29, 1.82) is 0 Å². The molecule has 6 nitrogen and oxygen atoms in total. The first-order chi connectivity index (χ1) is 7.21. The molecule has 1 aromatic carbocycles. The molecule has 1 aromatic rings. The van der Waals surface area contributed by atoms with Crippen molar-refractivity contribution in [3.8, 4) is 0 Å². The lowest BCUT2D eigenvalue weighted by molar-refractivity contribution is -0.394. The van der Waals surface area contributed by atoms with Crippen molar-refractivity contribution in [2.75, 3.05) is 0 Å². The Morgan fingerprint density at radius 3 is 1.69 bits per heavy atom. The standard InChI is InChI=1S/C10H11N2O4/c1-10(2,3)7-4-8(11(13)14)6-9(5-7)12(15)16/h4-5H,1-3H3. The van der Waals surface area contributed by atoms with Gasteiger partial charge in [0.05, 0.1) is 9.85 Å². The molecule has 0 aromatic heterocycles. The van der Waals surface area contributed by atoms with Crippen LogP contribution in [0.4, 0.5) is 11.4 Å². The molecule has 85 valence electrons. The number of nitrogens with zero attached hydrogens (tertiary/aromatic N) is 2. The molecule has 1 rings (SSSR count). The second-order valence-corrected chi connectivity index (χ2v) is 4.40. The minimum absolute atomic E-state index is 0.376. The molecule has 0 fully saturated rings. The Kier molecular flexibility index (Phi) is 2.93. The molecule has 16 heavy (non-hydrogen) atoms. The van der Waals surface area contributed by atoms with E-state index in [1.54, 1.807) is 0 Å². The van der Waals surface area contributed by atoms with Crippen LogP contribution in [0.1, 0.15) is 26.3 Å². The number of rotatable bonds is 2. The number of nitro benzene ring substituents is 2. The summed E-state index contributed by atoms with van der Waals surface area (Å²) in [6.07, 6.45) is 0. The quantitative estimate of drug-likeness (QED) is 0.569. The first kappa shape index (κ1) is 12.1. The third-order valence-electron chi connectivity index (χ3n) is 2.10. The van der Waals surface area contributed by atoms with Crippen LogP contribution >= 0.6 is 0 Å². The fraction of sp³-hybridized carbons (Fsp3) is 0.400. The Morgan fingerprint density at radius 1 is 1.06 bits per heavy atom. The molecule has 0 saturated carbocycles. The largest absolute Gasteiger partial charge is 0.284 e. The van der Waals surface area contributed by atoms with E-state index in [0.29, 0.717) is 5.56 Å². The van der Waals surface area contributed by atoms with E-state index >= 15 is 0 Å². The van der Waals surface area contributed by atoms with Gasteiger partial charge in [-0.2, -0.15) is 0 Å². The van der Waals surface area contributed by atoms with Gasteiger partial charge in [0.25, 0.3) is 11.4 Å². The zero-order valence-corrected chi connectivity index (χ0v) is 9.18. The van der Waals surface area contributed by atoms with Crippen molar-refractivity contribution >= 4 is 11.4 Å². The molecule has 0 aliphatic carbocycles.